The number of amides is 1. The highest BCUT2D eigenvalue weighted by molar-refractivity contribution is 6.08. The molecule has 0 bridgehead atoms. The zero-order chi connectivity index (χ0) is 25.2. The van der Waals surface area contributed by atoms with Crippen LogP contribution in [0, 0.1) is 5.92 Å². The highest BCUT2D eigenvalue weighted by Gasteiger charge is 2.39. The summed E-state index contributed by atoms with van der Waals surface area (Å²) >= 11 is 0. The van der Waals surface area contributed by atoms with E-state index in [1.165, 1.54) is 11.1 Å². The van der Waals surface area contributed by atoms with Gasteiger partial charge in [-0.25, -0.2) is 0 Å². The average Bonchev–Trinajstić information content (AvgIpc) is 3.44. The lowest BCUT2D eigenvalue weighted by Gasteiger charge is -2.38. The smallest absolute Gasteiger partial charge is 0.257 e. The van der Waals surface area contributed by atoms with Crippen LogP contribution in [-0.2, 0) is 0 Å². The summed E-state index contributed by atoms with van der Waals surface area (Å²) in [5.41, 5.74) is 6.63. The molecule has 0 saturated carbocycles. The van der Waals surface area contributed by atoms with Gasteiger partial charge in [0.1, 0.15) is 5.75 Å². The van der Waals surface area contributed by atoms with Crippen LogP contribution < -0.4 is 20.7 Å². The number of para-hydroxylation sites is 2. The zero-order valence-corrected chi connectivity index (χ0v) is 20.6. The molecule has 0 radical (unpaired) electrons. The van der Waals surface area contributed by atoms with Gasteiger partial charge in [-0.05, 0) is 78.1 Å². The van der Waals surface area contributed by atoms with Gasteiger partial charge < -0.3 is 20.7 Å². The van der Waals surface area contributed by atoms with E-state index < -0.39 is 0 Å². The van der Waals surface area contributed by atoms with Crippen LogP contribution in [0.2, 0.25) is 0 Å². The summed E-state index contributed by atoms with van der Waals surface area (Å²) in [7, 11) is 1.69. The lowest BCUT2D eigenvalue weighted by atomic mass is 9.76. The maximum absolute atomic E-state index is 13.5. The van der Waals surface area contributed by atoms with Crippen LogP contribution in [0.5, 0.6) is 5.75 Å². The van der Waals surface area contributed by atoms with Gasteiger partial charge in [0, 0.05) is 23.0 Å². The van der Waals surface area contributed by atoms with Gasteiger partial charge in [-0.1, -0.05) is 54.6 Å². The molecular weight excluding hydrogens is 458 g/mol. The molecule has 5 nitrogen and oxygen atoms in total. The summed E-state index contributed by atoms with van der Waals surface area (Å²) in [6.07, 6.45) is 5.55. The molecule has 1 aliphatic heterocycles. The van der Waals surface area contributed by atoms with E-state index in [0.29, 0.717) is 11.5 Å². The summed E-state index contributed by atoms with van der Waals surface area (Å²) in [5, 5.41) is 10.2. The zero-order valence-electron chi connectivity index (χ0n) is 20.6. The number of benzene rings is 4. The van der Waals surface area contributed by atoms with Gasteiger partial charge in [0.15, 0.2) is 0 Å². The Hall–Kier alpha value is -4.51. The van der Waals surface area contributed by atoms with Gasteiger partial charge in [0.25, 0.3) is 5.91 Å². The Balaban J connectivity index is 1.26. The number of hydrogen-bond donors (Lipinski definition) is 3. The molecule has 37 heavy (non-hydrogen) atoms. The Morgan fingerprint density at radius 1 is 0.865 bits per heavy atom. The normalized spacial score (nSPS) is 19.3. The molecule has 3 N–H and O–H groups in total. The molecule has 5 heteroatoms. The number of allylic oxidation sites excluding steroid dienone is 2. The molecule has 4 aromatic rings. The summed E-state index contributed by atoms with van der Waals surface area (Å²) < 4.78 is 5.48. The minimum absolute atomic E-state index is 0.0832. The van der Waals surface area contributed by atoms with E-state index in [1.54, 1.807) is 7.11 Å². The molecule has 0 saturated heterocycles. The second kappa shape index (κ2) is 9.86. The number of carbonyl (C=O) groups is 1. The molecule has 4 aromatic carbocycles. The van der Waals surface area contributed by atoms with E-state index >= 15 is 0 Å². The van der Waals surface area contributed by atoms with Crippen molar-refractivity contribution in [1.82, 2.24) is 0 Å². The van der Waals surface area contributed by atoms with Gasteiger partial charge in [0.05, 0.1) is 24.4 Å². The lowest BCUT2D eigenvalue weighted by Crippen LogP contribution is -2.31. The number of fused-ring (bicyclic) bond motifs is 3. The molecule has 2 aliphatic rings. The molecule has 1 amide bonds. The first-order valence-corrected chi connectivity index (χ1v) is 12.6. The van der Waals surface area contributed by atoms with Crippen molar-refractivity contribution in [2.75, 3.05) is 23.1 Å². The van der Waals surface area contributed by atoms with E-state index in [2.05, 4.69) is 46.3 Å². The van der Waals surface area contributed by atoms with E-state index in [-0.39, 0.29) is 17.9 Å². The van der Waals surface area contributed by atoms with Crippen LogP contribution in [-0.4, -0.2) is 13.0 Å². The lowest BCUT2D eigenvalue weighted by molar-refractivity contribution is 0.102. The maximum Gasteiger partial charge on any atom is 0.257 e. The largest absolute Gasteiger partial charge is 0.497 e. The van der Waals surface area contributed by atoms with Gasteiger partial charge in [0.2, 0.25) is 0 Å². The second-order valence-electron chi connectivity index (χ2n) is 9.54. The number of anilines is 4. The Kier molecular flexibility index (Phi) is 6.11. The summed E-state index contributed by atoms with van der Waals surface area (Å²) in [5.74, 6) is 1.37. The van der Waals surface area contributed by atoms with Gasteiger partial charge >= 0.3 is 0 Å². The van der Waals surface area contributed by atoms with Crippen molar-refractivity contribution in [3.8, 4) is 5.75 Å². The van der Waals surface area contributed by atoms with Crippen LogP contribution in [0.3, 0.4) is 0 Å². The fraction of sp³-hybridized carbons (Fsp3) is 0.156. The van der Waals surface area contributed by atoms with Crippen LogP contribution in [0.15, 0.2) is 109 Å². The highest BCUT2D eigenvalue weighted by Crippen LogP contribution is 2.51. The Morgan fingerprint density at radius 3 is 2.43 bits per heavy atom. The molecule has 3 atom stereocenters. The first-order valence-electron chi connectivity index (χ1n) is 12.6. The molecule has 0 spiro atoms. The molecule has 3 unspecified atom stereocenters. The predicted molar refractivity (Wildman–Crippen MR) is 150 cm³/mol. The Bertz CT molecular complexity index is 1450. The van der Waals surface area contributed by atoms with E-state index in [9.17, 15) is 4.79 Å². The van der Waals surface area contributed by atoms with Crippen LogP contribution >= 0.6 is 0 Å². The third kappa shape index (κ3) is 4.56. The highest BCUT2D eigenvalue weighted by atomic mass is 16.5. The number of rotatable bonds is 6. The molecule has 1 heterocycles. The standard InChI is InChI=1S/C32H29N3O2/c1-37-25-11-5-8-21(20-25)30-27-13-6-12-26(27)28-14-7-15-29(31(28)35-30)32(36)34-24-18-16-23(17-19-24)33-22-9-3-2-4-10-22/h2-12,14-20,26-27,30,33,35H,13H2,1H3,(H,34,36). The van der Waals surface area contributed by atoms with Crippen molar-refractivity contribution >= 4 is 28.7 Å². The van der Waals surface area contributed by atoms with Crippen molar-refractivity contribution in [2.45, 2.75) is 18.4 Å². The third-order valence-electron chi connectivity index (χ3n) is 7.30. The first-order chi connectivity index (χ1) is 18.2. The van der Waals surface area contributed by atoms with Crippen molar-refractivity contribution in [2.24, 2.45) is 5.92 Å². The maximum atomic E-state index is 13.5. The number of carbonyl (C=O) groups excluding carboxylic acids is 1. The minimum Gasteiger partial charge on any atom is -0.497 e. The average molecular weight is 488 g/mol. The van der Waals surface area contributed by atoms with E-state index in [0.717, 1.165) is 34.9 Å². The molecule has 1 aliphatic carbocycles. The topological polar surface area (TPSA) is 62.4 Å². The van der Waals surface area contributed by atoms with Gasteiger partial charge in [-0.2, -0.15) is 0 Å². The molecule has 6 rings (SSSR count). The number of hydrogen-bond acceptors (Lipinski definition) is 4. The van der Waals surface area contributed by atoms with Crippen molar-refractivity contribution in [3.05, 3.63) is 126 Å². The van der Waals surface area contributed by atoms with Crippen molar-refractivity contribution in [1.29, 1.82) is 0 Å². The predicted octanol–water partition coefficient (Wildman–Crippen LogP) is 7.52. The molecular formula is C32H29N3O2. The Labute approximate surface area is 217 Å². The first kappa shape index (κ1) is 22.9. The van der Waals surface area contributed by atoms with Gasteiger partial charge in [-0.3, -0.25) is 4.79 Å². The van der Waals surface area contributed by atoms with Crippen LogP contribution in [0.25, 0.3) is 0 Å². The number of methoxy groups -OCH3 is 1. The van der Waals surface area contributed by atoms with E-state index in [1.807, 2.05) is 78.9 Å². The quantitative estimate of drug-likeness (QED) is 0.246. The van der Waals surface area contributed by atoms with Gasteiger partial charge in [-0.15, -0.1) is 0 Å². The van der Waals surface area contributed by atoms with E-state index in [4.69, 9.17) is 4.74 Å². The summed E-state index contributed by atoms with van der Waals surface area (Å²) in [6, 6.07) is 32.1. The number of ether oxygens (including phenoxy) is 1. The SMILES string of the molecule is COc1cccc(C2Nc3c(C(=O)Nc4ccc(Nc5ccccc5)cc4)cccc3C3C=CCC32)c1. The third-order valence-corrected chi connectivity index (χ3v) is 7.30. The monoisotopic (exact) mass is 487 g/mol. The Morgan fingerprint density at radius 2 is 1.62 bits per heavy atom. The van der Waals surface area contributed by atoms with Crippen LogP contribution in [0.4, 0.5) is 22.7 Å². The van der Waals surface area contributed by atoms with Crippen molar-refractivity contribution < 1.29 is 9.53 Å². The summed E-state index contributed by atoms with van der Waals surface area (Å²) in [6.45, 7) is 0. The fourth-order valence-corrected chi connectivity index (χ4v) is 5.50. The molecule has 0 fully saturated rings. The van der Waals surface area contributed by atoms with Crippen molar-refractivity contribution in [3.63, 3.8) is 0 Å². The second-order valence-corrected chi connectivity index (χ2v) is 9.54. The minimum atomic E-state index is -0.127. The van der Waals surface area contributed by atoms with Crippen LogP contribution in [0.1, 0.15) is 39.9 Å². The summed E-state index contributed by atoms with van der Waals surface area (Å²) in [4.78, 5) is 13.5. The molecule has 184 valence electrons. The number of nitrogens with one attached hydrogen (secondary N) is 3. The fourth-order valence-electron chi connectivity index (χ4n) is 5.50. The molecule has 0 aromatic heterocycles.